The number of alkyl halides is 3. The number of carbonyl (C=O) groups is 5. The van der Waals surface area contributed by atoms with Crippen LogP contribution in [0.5, 0.6) is 5.75 Å². The molecule has 53 heavy (non-hydrogen) atoms. The lowest BCUT2D eigenvalue weighted by Crippen LogP contribution is -2.60. The van der Waals surface area contributed by atoms with Crippen LogP contribution in [0.3, 0.4) is 0 Å². The fourth-order valence-electron chi connectivity index (χ4n) is 6.20. The Kier molecular flexibility index (Phi) is 12.6. The van der Waals surface area contributed by atoms with E-state index in [9.17, 15) is 37.1 Å². The van der Waals surface area contributed by atoms with E-state index >= 15 is 0 Å². The quantitative estimate of drug-likeness (QED) is 0.178. The molecule has 0 radical (unpaired) electrons. The number of hydrogen-bond acceptors (Lipinski definition) is 9. The smallest absolute Gasteiger partial charge is 0.417 e. The van der Waals surface area contributed by atoms with E-state index in [0.717, 1.165) is 23.5 Å². The van der Waals surface area contributed by atoms with Gasteiger partial charge >= 0.3 is 24.3 Å². The molecule has 290 valence electrons. The summed E-state index contributed by atoms with van der Waals surface area (Å²) < 4.78 is 65.9. The van der Waals surface area contributed by atoms with E-state index in [1.165, 1.54) is 16.7 Å². The second kappa shape index (κ2) is 16.3. The number of halogens is 3. The molecular weight excluding hydrogens is 701 g/mol. The minimum Gasteiger partial charge on any atom is -0.464 e. The predicted molar refractivity (Wildman–Crippen MR) is 186 cm³/mol. The van der Waals surface area contributed by atoms with Gasteiger partial charge in [0.2, 0.25) is 0 Å². The molecule has 1 unspecified atom stereocenters. The van der Waals surface area contributed by atoms with Crippen LogP contribution in [0.15, 0.2) is 42.5 Å². The van der Waals surface area contributed by atoms with Crippen molar-refractivity contribution in [2.24, 2.45) is 0 Å². The molecule has 2 aliphatic heterocycles. The van der Waals surface area contributed by atoms with Crippen molar-refractivity contribution in [2.75, 3.05) is 37.7 Å². The van der Waals surface area contributed by atoms with Gasteiger partial charge in [-0.3, -0.25) is 9.59 Å². The minimum atomic E-state index is -5.07. The standard InChI is InChI=1S/C37H47F3N4O9/c1-8-50-32(47)36(7)31(46)43(18-16-41-33(48)51-22-24-13-10-9-11-14-24)28-19-26(27(37(38,39)40)20-29(28)52-36)30(45)44(23(2)3)25-15-12-17-42(21-25)34(49)53-35(4,5)6/h9-11,13-14,19-20,23,25H,8,12,15-18,21-22H2,1-7H3,(H,41,48)/t25-,36?/m1/s1. The highest BCUT2D eigenvalue weighted by Crippen LogP contribution is 2.45. The second-order valence-corrected chi connectivity index (χ2v) is 14.2. The monoisotopic (exact) mass is 748 g/mol. The molecule has 0 aromatic heterocycles. The average molecular weight is 749 g/mol. The summed E-state index contributed by atoms with van der Waals surface area (Å²) in [6, 6.07) is 9.11. The maximum atomic E-state index is 14.8. The number of anilines is 1. The molecule has 2 aromatic rings. The van der Waals surface area contributed by atoms with E-state index in [4.69, 9.17) is 18.9 Å². The van der Waals surface area contributed by atoms with Crippen molar-refractivity contribution in [2.45, 2.75) is 97.4 Å². The SMILES string of the molecule is CCOC(=O)C1(C)Oc2cc(C(F)(F)F)c(C(=O)N(C(C)C)[C@@H]3CCCN(C(=O)OC(C)(C)C)C3)cc2N(CCNC(=O)OCc2ccccc2)C1=O. The van der Waals surface area contributed by atoms with Gasteiger partial charge < -0.3 is 39.0 Å². The Morgan fingerprint density at radius 1 is 1.08 bits per heavy atom. The molecule has 4 amide bonds. The summed E-state index contributed by atoms with van der Waals surface area (Å²) in [7, 11) is 0. The van der Waals surface area contributed by atoms with Crippen LogP contribution in [0, 0.1) is 0 Å². The van der Waals surface area contributed by atoms with Gasteiger partial charge in [0, 0.05) is 32.2 Å². The van der Waals surface area contributed by atoms with E-state index in [2.05, 4.69) is 5.32 Å². The number of rotatable bonds is 10. The van der Waals surface area contributed by atoms with Crippen molar-refractivity contribution in [3.8, 4) is 5.75 Å². The molecule has 13 nitrogen and oxygen atoms in total. The van der Waals surface area contributed by atoms with Crippen molar-refractivity contribution in [3.63, 3.8) is 0 Å². The lowest BCUT2D eigenvalue weighted by atomic mass is 9.96. The number of nitrogens with one attached hydrogen (secondary N) is 1. The van der Waals surface area contributed by atoms with Crippen molar-refractivity contribution in [1.29, 1.82) is 0 Å². The zero-order valence-electron chi connectivity index (χ0n) is 31.0. The number of benzene rings is 2. The molecular formula is C37H47F3N4O9. The highest BCUT2D eigenvalue weighted by molar-refractivity contribution is 6.15. The normalized spacial score (nSPS) is 18.8. The van der Waals surface area contributed by atoms with E-state index in [0.29, 0.717) is 25.5 Å². The molecule has 2 heterocycles. The van der Waals surface area contributed by atoms with Crippen LogP contribution in [0.2, 0.25) is 0 Å². The number of piperidine rings is 1. The van der Waals surface area contributed by atoms with E-state index < -0.39 is 76.3 Å². The largest absolute Gasteiger partial charge is 0.464 e. The van der Waals surface area contributed by atoms with Crippen LogP contribution in [-0.4, -0.2) is 95.8 Å². The van der Waals surface area contributed by atoms with Gasteiger partial charge in [-0.1, -0.05) is 30.3 Å². The molecule has 2 aliphatic rings. The number of esters is 1. The van der Waals surface area contributed by atoms with Crippen molar-refractivity contribution < 1.29 is 56.1 Å². The molecule has 0 aliphatic carbocycles. The van der Waals surface area contributed by atoms with Crippen LogP contribution < -0.4 is 15.0 Å². The summed E-state index contributed by atoms with van der Waals surface area (Å²) in [4.78, 5) is 70.4. The summed E-state index contributed by atoms with van der Waals surface area (Å²) >= 11 is 0. The first-order valence-electron chi connectivity index (χ1n) is 17.4. The third-order valence-corrected chi connectivity index (χ3v) is 8.61. The Balaban J connectivity index is 1.70. The van der Waals surface area contributed by atoms with Crippen molar-refractivity contribution in [3.05, 3.63) is 59.2 Å². The van der Waals surface area contributed by atoms with Gasteiger partial charge in [-0.25, -0.2) is 14.4 Å². The first-order chi connectivity index (χ1) is 24.8. The number of nitrogens with zero attached hydrogens (tertiary/aromatic N) is 3. The van der Waals surface area contributed by atoms with Crippen molar-refractivity contribution >= 4 is 35.7 Å². The number of alkyl carbamates (subject to hydrolysis) is 1. The molecule has 2 atom stereocenters. The van der Waals surface area contributed by atoms with Gasteiger partial charge in [0.05, 0.1) is 29.5 Å². The van der Waals surface area contributed by atoms with E-state index in [-0.39, 0.29) is 38.5 Å². The Labute approximate surface area is 306 Å². The van der Waals surface area contributed by atoms with Gasteiger partial charge in [0.25, 0.3) is 17.4 Å². The number of likely N-dealkylation sites (tertiary alicyclic amines) is 1. The minimum absolute atomic E-state index is 0.0305. The average Bonchev–Trinajstić information content (AvgIpc) is 3.08. The zero-order chi connectivity index (χ0) is 39.3. The Bertz CT molecular complexity index is 1680. The fraction of sp³-hybridized carbons (Fsp3) is 0.541. The third kappa shape index (κ3) is 9.70. The van der Waals surface area contributed by atoms with Gasteiger partial charge in [-0.2, -0.15) is 13.2 Å². The van der Waals surface area contributed by atoms with Crippen LogP contribution in [0.4, 0.5) is 28.4 Å². The number of fused-ring (bicyclic) bond motifs is 1. The lowest BCUT2D eigenvalue weighted by molar-refractivity contribution is -0.166. The summed E-state index contributed by atoms with van der Waals surface area (Å²) in [5.74, 6) is -3.61. The van der Waals surface area contributed by atoms with Crippen LogP contribution in [0.1, 0.15) is 82.8 Å². The molecule has 0 saturated carbocycles. The Morgan fingerprint density at radius 2 is 1.75 bits per heavy atom. The van der Waals surface area contributed by atoms with E-state index in [1.807, 2.05) is 0 Å². The molecule has 0 bridgehead atoms. The maximum Gasteiger partial charge on any atom is 0.417 e. The highest BCUT2D eigenvalue weighted by Gasteiger charge is 2.53. The van der Waals surface area contributed by atoms with Crippen LogP contribution in [0.25, 0.3) is 0 Å². The highest BCUT2D eigenvalue weighted by atomic mass is 19.4. The molecule has 4 rings (SSSR count). The molecule has 16 heteroatoms. The third-order valence-electron chi connectivity index (χ3n) is 8.61. The number of amides is 4. The molecule has 2 aromatic carbocycles. The van der Waals surface area contributed by atoms with Gasteiger partial charge in [0.1, 0.15) is 18.0 Å². The summed E-state index contributed by atoms with van der Waals surface area (Å²) in [6.07, 6.45) is -5.62. The molecule has 1 fully saturated rings. The zero-order valence-corrected chi connectivity index (χ0v) is 31.0. The number of hydrogen-bond donors (Lipinski definition) is 1. The summed E-state index contributed by atoms with van der Waals surface area (Å²) in [6.45, 7) is 10.6. The van der Waals surface area contributed by atoms with Crippen LogP contribution >= 0.6 is 0 Å². The van der Waals surface area contributed by atoms with Crippen molar-refractivity contribution in [1.82, 2.24) is 15.1 Å². The summed E-state index contributed by atoms with van der Waals surface area (Å²) in [5, 5.41) is 2.50. The Morgan fingerprint density at radius 3 is 2.36 bits per heavy atom. The first-order valence-corrected chi connectivity index (χ1v) is 17.4. The predicted octanol–water partition coefficient (Wildman–Crippen LogP) is 5.93. The summed E-state index contributed by atoms with van der Waals surface area (Å²) in [5.41, 5.74) is -4.79. The first kappa shape index (κ1) is 40.7. The van der Waals surface area contributed by atoms with Gasteiger partial charge in [-0.05, 0) is 79.0 Å². The Hall–Kier alpha value is -5.02. The lowest BCUT2D eigenvalue weighted by Gasteiger charge is -2.42. The van der Waals surface area contributed by atoms with Gasteiger partial charge in [0.15, 0.2) is 0 Å². The topological polar surface area (TPSA) is 144 Å². The molecule has 1 N–H and O–H groups in total. The second-order valence-electron chi connectivity index (χ2n) is 14.2. The fourth-order valence-corrected chi connectivity index (χ4v) is 6.20. The van der Waals surface area contributed by atoms with Crippen LogP contribution in [-0.2, 0) is 36.6 Å². The number of ether oxygens (including phenoxy) is 4. The maximum absolute atomic E-state index is 14.8. The molecule has 1 saturated heterocycles. The van der Waals surface area contributed by atoms with Gasteiger partial charge in [-0.15, -0.1) is 0 Å². The molecule has 0 spiro atoms. The van der Waals surface area contributed by atoms with E-state index in [1.54, 1.807) is 65.0 Å². The number of carbonyl (C=O) groups excluding carboxylic acids is 5.